The zero-order valence-electron chi connectivity index (χ0n) is 12.0. The first kappa shape index (κ1) is 15.2. The molecule has 0 fully saturated rings. The molecule has 0 atom stereocenters. The first-order chi connectivity index (χ1) is 9.85. The molecule has 0 bridgehead atoms. The smallest absolute Gasteiger partial charge is 0.243 e. The summed E-state index contributed by atoms with van der Waals surface area (Å²) in [5, 5.41) is 0. The van der Waals surface area contributed by atoms with Gasteiger partial charge in [0.05, 0.1) is 25.5 Å². The van der Waals surface area contributed by atoms with Crippen LogP contribution < -0.4 is 9.29 Å². The van der Waals surface area contributed by atoms with E-state index < -0.39 is 10.0 Å². The van der Waals surface area contributed by atoms with Gasteiger partial charge in [-0.15, -0.1) is 0 Å². The van der Waals surface area contributed by atoms with Crippen LogP contribution in [0.3, 0.4) is 0 Å². The van der Waals surface area contributed by atoms with Crippen molar-refractivity contribution in [1.82, 2.24) is 4.57 Å². The molecule has 0 aliphatic heterocycles. The Morgan fingerprint density at radius 2 is 2.05 bits per heavy atom. The summed E-state index contributed by atoms with van der Waals surface area (Å²) in [7, 11) is -1.50. The average molecular weight is 308 g/mol. The number of carbonyl (C=O) groups is 1. The van der Waals surface area contributed by atoms with E-state index >= 15 is 0 Å². The number of hydrogen-bond acceptors (Lipinski definition) is 3. The minimum absolute atomic E-state index is 0.0990. The van der Waals surface area contributed by atoms with Crippen molar-refractivity contribution in [2.45, 2.75) is 13.0 Å². The highest BCUT2D eigenvalue weighted by Gasteiger charge is 2.14. The molecule has 7 heteroatoms. The lowest BCUT2D eigenvalue weighted by Gasteiger charge is -2.09. The van der Waals surface area contributed by atoms with E-state index in [9.17, 15) is 13.2 Å². The van der Waals surface area contributed by atoms with Crippen LogP contribution in [0.5, 0.6) is 0 Å². The van der Waals surface area contributed by atoms with Crippen LogP contribution >= 0.6 is 0 Å². The zero-order chi connectivity index (χ0) is 15.5. The highest BCUT2D eigenvalue weighted by molar-refractivity contribution is 7.92. The number of nitrogens with one attached hydrogen (secondary N) is 1. The predicted octanol–water partition coefficient (Wildman–Crippen LogP) is 0.957. The van der Waals surface area contributed by atoms with Gasteiger partial charge in [0.1, 0.15) is 12.4 Å². The van der Waals surface area contributed by atoms with Crippen molar-refractivity contribution in [2.24, 2.45) is 7.05 Å². The molecule has 21 heavy (non-hydrogen) atoms. The van der Waals surface area contributed by atoms with Gasteiger partial charge in [-0.2, -0.15) is 0 Å². The number of sulfonamides is 1. The number of rotatable bonds is 6. The van der Waals surface area contributed by atoms with E-state index in [0.29, 0.717) is 24.2 Å². The molecule has 2 rings (SSSR count). The molecule has 0 radical (unpaired) electrons. The van der Waals surface area contributed by atoms with Gasteiger partial charge in [0, 0.05) is 12.0 Å². The summed E-state index contributed by atoms with van der Waals surface area (Å²) in [6.07, 6.45) is 7.02. The van der Waals surface area contributed by atoms with E-state index in [2.05, 4.69) is 4.72 Å². The molecule has 0 aliphatic rings. The lowest BCUT2D eigenvalue weighted by molar-refractivity contribution is -0.671. The number of imidazole rings is 1. The third-order valence-corrected chi connectivity index (χ3v) is 3.53. The van der Waals surface area contributed by atoms with Gasteiger partial charge in [0.15, 0.2) is 5.78 Å². The molecule has 112 valence electrons. The summed E-state index contributed by atoms with van der Waals surface area (Å²) in [6.45, 7) is 0.548. The number of benzene rings is 1. The minimum atomic E-state index is -3.41. The van der Waals surface area contributed by atoms with Crippen LogP contribution in [-0.4, -0.2) is 25.0 Å². The Hall–Kier alpha value is -2.15. The summed E-state index contributed by atoms with van der Waals surface area (Å²) in [6, 6.07) is 6.63. The van der Waals surface area contributed by atoms with Crippen molar-refractivity contribution < 1.29 is 17.8 Å². The number of aromatic nitrogens is 2. The van der Waals surface area contributed by atoms with Crippen LogP contribution in [0.15, 0.2) is 43.0 Å². The molecule has 0 saturated carbocycles. The Bertz CT molecular complexity index is 750. The monoisotopic (exact) mass is 308 g/mol. The summed E-state index contributed by atoms with van der Waals surface area (Å²) < 4.78 is 28.8. The fraction of sp³-hybridized carbons (Fsp3) is 0.286. The molecular formula is C14H18N3O3S+. The zero-order valence-corrected chi connectivity index (χ0v) is 12.8. The van der Waals surface area contributed by atoms with E-state index in [4.69, 9.17) is 0 Å². The third-order valence-electron chi connectivity index (χ3n) is 2.94. The van der Waals surface area contributed by atoms with Crippen LogP contribution in [0.2, 0.25) is 0 Å². The van der Waals surface area contributed by atoms with Gasteiger partial charge in [-0.25, -0.2) is 17.6 Å². The highest BCUT2D eigenvalue weighted by atomic mass is 32.2. The number of hydrogen-bond donors (Lipinski definition) is 1. The number of nitrogens with zero attached hydrogens (tertiary/aromatic N) is 2. The molecule has 0 amide bonds. The standard InChI is InChI=1S/C14H17N3O3S/c1-16-9-10-17(11-16)8-7-14(18)12-5-3-4-6-13(12)15-21(2,19)20/h3-6,9-11H,7-8H2,1-2H3/p+1. The molecule has 6 nitrogen and oxygen atoms in total. The number of carbonyl (C=O) groups excluding carboxylic acids is 1. The van der Waals surface area contributed by atoms with Crippen molar-refractivity contribution in [3.8, 4) is 0 Å². The van der Waals surface area contributed by atoms with Crippen LogP contribution in [0, 0.1) is 0 Å². The predicted molar refractivity (Wildman–Crippen MR) is 79.5 cm³/mol. The van der Waals surface area contributed by atoms with Gasteiger partial charge in [0.2, 0.25) is 16.4 Å². The Morgan fingerprint density at radius 1 is 1.33 bits per heavy atom. The molecule has 0 unspecified atom stereocenters. The number of para-hydroxylation sites is 1. The fourth-order valence-corrected chi connectivity index (χ4v) is 2.59. The summed E-state index contributed by atoms with van der Waals surface area (Å²) in [4.78, 5) is 12.3. The molecule has 0 saturated heterocycles. The molecule has 1 aromatic carbocycles. The van der Waals surface area contributed by atoms with E-state index in [1.807, 2.05) is 34.9 Å². The van der Waals surface area contributed by atoms with Crippen molar-refractivity contribution >= 4 is 21.5 Å². The summed E-state index contributed by atoms with van der Waals surface area (Å²) in [5.74, 6) is -0.0990. The maximum Gasteiger partial charge on any atom is 0.243 e. The van der Waals surface area contributed by atoms with Gasteiger partial charge in [-0.1, -0.05) is 12.1 Å². The lowest BCUT2D eigenvalue weighted by atomic mass is 10.1. The van der Waals surface area contributed by atoms with Crippen molar-refractivity contribution in [3.63, 3.8) is 0 Å². The Labute approximate surface area is 124 Å². The van der Waals surface area contributed by atoms with Crippen LogP contribution in [0.4, 0.5) is 5.69 Å². The van der Waals surface area contributed by atoms with Crippen LogP contribution in [-0.2, 0) is 23.6 Å². The van der Waals surface area contributed by atoms with Gasteiger partial charge in [-0.3, -0.25) is 9.52 Å². The second-order valence-corrected chi connectivity index (χ2v) is 6.66. The first-order valence-corrected chi connectivity index (χ1v) is 8.35. The first-order valence-electron chi connectivity index (χ1n) is 6.46. The maximum atomic E-state index is 12.3. The number of anilines is 1. The Balaban J connectivity index is 2.12. The molecular weight excluding hydrogens is 290 g/mol. The molecule has 1 N–H and O–H groups in total. The average Bonchev–Trinajstić information content (AvgIpc) is 2.80. The Kier molecular flexibility index (Phi) is 4.42. The second-order valence-electron chi connectivity index (χ2n) is 4.91. The second kappa shape index (κ2) is 6.09. The van der Waals surface area contributed by atoms with E-state index in [-0.39, 0.29) is 5.78 Å². The lowest BCUT2D eigenvalue weighted by Crippen LogP contribution is -2.24. The van der Waals surface area contributed by atoms with Crippen LogP contribution in [0.25, 0.3) is 0 Å². The molecule has 2 aromatic rings. The topological polar surface area (TPSA) is 72.0 Å². The minimum Gasteiger partial charge on any atom is -0.294 e. The highest BCUT2D eigenvalue weighted by Crippen LogP contribution is 2.18. The number of aryl methyl sites for hydroxylation is 2. The number of ketones is 1. The molecule has 0 aliphatic carbocycles. The summed E-state index contributed by atoms with van der Waals surface area (Å²) >= 11 is 0. The van der Waals surface area contributed by atoms with Gasteiger partial charge in [-0.05, 0) is 12.1 Å². The van der Waals surface area contributed by atoms with Gasteiger partial charge < -0.3 is 0 Å². The van der Waals surface area contributed by atoms with Crippen molar-refractivity contribution in [2.75, 3.05) is 11.0 Å². The molecule has 1 heterocycles. The third kappa shape index (κ3) is 4.42. The van der Waals surface area contributed by atoms with Gasteiger partial charge >= 0.3 is 0 Å². The Morgan fingerprint density at radius 3 is 2.67 bits per heavy atom. The number of Topliss-reactive ketones (excluding diaryl/α,β-unsaturated/α-hetero) is 1. The SMILES string of the molecule is C[n+]1ccn(CCC(=O)c2ccccc2NS(C)(=O)=O)c1. The largest absolute Gasteiger partial charge is 0.294 e. The van der Waals surface area contributed by atoms with Crippen molar-refractivity contribution in [1.29, 1.82) is 0 Å². The molecule has 0 spiro atoms. The van der Waals surface area contributed by atoms with E-state index in [0.717, 1.165) is 6.26 Å². The molecule has 1 aromatic heterocycles. The van der Waals surface area contributed by atoms with E-state index in [1.54, 1.807) is 24.3 Å². The van der Waals surface area contributed by atoms with E-state index in [1.165, 1.54) is 0 Å². The van der Waals surface area contributed by atoms with Crippen molar-refractivity contribution in [3.05, 3.63) is 48.5 Å². The normalized spacial score (nSPS) is 11.3. The van der Waals surface area contributed by atoms with Crippen LogP contribution in [0.1, 0.15) is 16.8 Å². The van der Waals surface area contributed by atoms with Gasteiger partial charge in [0.25, 0.3) is 0 Å². The fourth-order valence-electron chi connectivity index (χ4n) is 2.01. The summed E-state index contributed by atoms with van der Waals surface area (Å²) in [5.41, 5.74) is 0.711. The quantitative estimate of drug-likeness (QED) is 0.638. The maximum absolute atomic E-state index is 12.3.